The minimum Gasteiger partial charge on any atom is -0.497 e. The molecule has 1 aliphatic heterocycles. The third-order valence-corrected chi connectivity index (χ3v) is 4.89. The summed E-state index contributed by atoms with van der Waals surface area (Å²) in [6.07, 6.45) is 3.77. The quantitative estimate of drug-likeness (QED) is 0.937. The van der Waals surface area contributed by atoms with Crippen LogP contribution in [0.5, 0.6) is 5.75 Å². The van der Waals surface area contributed by atoms with Gasteiger partial charge < -0.3 is 19.2 Å². The van der Waals surface area contributed by atoms with Crippen LogP contribution in [0.4, 0.5) is 0 Å². The lowest BCUT2D eigenvalue weighted by atomic mass is 10.0. The Morgan fingerprint density at radius 3 is 2.92 bits per heavy atom. The Kier molecular flexibility index (Phi) is 3.81. The SMILES string of the molecule is COc1cccc([C@H]2C[C@H](O)CN2C(=O)c2ccoc2C2CC2)c1. The number of hydrogen-bond acceptors (Lipinski definition) is 4. The maximum atomic E-state index is 13.1. The number of methoxy groups -OCH3 is 1. The number of carbonyl (C=O) groups is 1. The number of ether oxygens (including phenoxy) is 1. The molecular formula is C19H21NO4. The van der Waals surface area contributed by atoms with Crippen LogP contribution in [0.2, 0.25) is 0 Å². The number of likely N-dealkylation sites (tertiary alicyclic amines) is 1. The van der Waals surface area contributed by atoms with E-state index in [1.54, 1.807) is 24.3 Å². The van der Waals surface area contributed by atoms with Gasteiger partial charge in [0.1, 0.15) is 11.5 Å². The zero-order chi connectivity index (χ0) is 16.7. The van der Waals surface area contributed by atoms with Crippen molar-refractivity contribution in [3.63, 3.8) is 0 Å². The molecule has 0 bridgehead atoms. The number of β-amino-alcohol motifs (C(OH)–C–C–N with tert-alkyl or cyclic N) is 1. The Balaban J connectivity index is 1.64. The second kappa shape index (κ2) is 5.98. The Morgan fingerprint density at radius 1 is 1.33 bits per heavy atom. The van der Waals surface area contributed by atoms with Crippen molar-refractivity contribution in [2.75, 3.05) is 13.7 Å². The number of aliphatic hydroxyl groups is 1. The maximum absolute atomic E-state index is 13.1. The number of nitrogens with zero attached hydrogens (tertiary/aromatic N) is 1. The third-order valence-electron chi connectivity index (χ3n) is 4.89. The van der Waals surface area contributed by atoms with E-state index in [-0.39, 0.29) is 11.9 Å². The van der Waals surface area contributed by atoms with Gasteiger partial charge in [-0.3, -0.25) is 4.79 Å². The molecule has 5 nitrogen and oxygen atoms in total. The molecule has 1 aliphatic carbocycles. The fraction of sp³-hybridized carbons (Fsp3) is 0.421. The van der Waals surface area contributed by atoms with Crippen molar-refractivity contribution in [3.8, 4) is 5.75 Å². The summed E-state index contributed by atoms with van der Waals surface area (Å²) in [6.45, 7) is 0.343. The van der Waals surface area contributed by atoms with Crippen LogP contribution < -0.4 is 4.74 Å². The molecule has 0 radical (unpaired) electrons. The topological polar surface area (TPSA) is 62.9 Å². The van der Waals surface area contributed by atoms with Crippen LogP contribution in [-0.2, 0) is 0 Å². The molecule has 2 heterocycles. The molecule has 4 rings (SSSR count). The molecule has 1 amide bonds. The number of hydrogen-bond donors (Lipinski definition) is 1. The van der Waals surface area contributed by atoms with E-state index in [9.17, 15) is 9.90 Å². The number of benzene rings is 1. The summed E-state index contributed by atoms with van der Waals surface area (Å²) in [7, 11) is 1.62. The zero-order valence-electron chi connectivity index (χ0n) is 13.6. The van der Waals surface area contributed by atoms with Gasteiger partial charge in [-0.1, -0.05) is 12.1 Å². The molecule has 1 aromatic heterocycles. The number of amides is 1. The normalized spacial score (nSPS) is 23.5. The number of rotatable bonds is 4. The molecule has 1 saturated carbocycles. The minimum absolute atomic E-state index is 0.0602. The molecule has 1 aromatic carbocycles. The van der Waals surface area contributed by atoms with Crippen molar-refractivity contribution < 1.29 is 19.1 Å². The Bertz CT molecular complexity index is 749. The van der Waals surface area contributed by atoms with Crippen molar-refractivity contribution in [3.05, 3.63) is 53.5 Å². The molecule has 2 aromatic rings. The van der Waals surface area contributed by atoms with Gasteiger partial charge in [0.05, 0.1) is 31.1 Å². The molecule has 0 spiro atoms. The van der Waals surface area contributed by atoms with E-state index in [2.05, 4.69) is 0 Å². The summed E-state index contributed by atoms with van der Waals surface area (Å²) < 4.78 is 10.8. The van der Waals surface area contributed by atoms with E-state index in [0.29, 0.717) is 24.4 Å². The third kappa shape index (κ3) is 2.69. The van der Waals surface area contributed by atoms with Gasteiger partial charge in [-0.15, -0.1) is 0 Å². The average molecular weight is 327 g/mol. The first-order valence-corrected chi connectivity index (χ1v) is 8.37. The first kappa shape index (κ1) is 15.3. The molecule has 2 fully saturated rings. The van der Waals surface area contributed by atoms with Gasteiger partial charge in [0, 0.05) is 12.5 Å². The zero-order valence-corrected chi connectivity index (χ0v) is 13.6. The minimum atomic E-state index is -0.513. The average Bonchev–Trinajstić information content (AvgIpc) is 3.19. The highest BCUT2D eigenvalue weighted by atomic mass is 16.5. The summed E-state index contributed by atoms with van der Waals surface area (Å²) in [4.78, 5) is 14.8. The molecule has 2 aliphatic rings. The summed E-state index contributed by atoms with van der Waals surface area (Å²) >= 11 is 0. The molecule has 0 unspecified atom stereocenters. The lowest BCUT2D eigenvalue weighted by Gasteiger charge is -2.25. The summed E-state index contributed by atoms with van der Waals surface area (Å²) in [6, 6.07) is 9.30. The maximum Gasteiger partial charge on any atom is 0.258 e. The van der Waals surface area contributed by atoms with Crippen molar-refractivity contribution in [1.82, 2.24) is 4.90 Å². The van der Waals surface area contributed by atoms with Gasteiger partial charge >= 0.3 is 0 Å². The van der Waals surface area contributed by atoms with Crippen LogP contribution in [-0.4, -0.2) is 35.7 Å². The molecule has 1 N–H and O–H groups in total. The van der Waals surface area contributed by atoms with Gasteiger partial charge in [0.15, 0.2) is 0 Å². The van der Waals surface area contributed by atoms with Crippen molar-refractivity contribution in [1.29, 1.82) is 0 Å². The summed E-state index contributed by atoms with van der Waals surface area (Å²) in [5.41, 5.74) is 1.62. The van der Waals surface area contributed by atoms with Crippen molar-refractivity contribution >= 4 is 5.91 Å². The molecule has 24 heavy (non-hydrogen) atoms. The number of aliphatic hydroxyl groups excluding tert-OH is 1. The molecule has 2 atom stereocenters. The van der Waals surface area contributed by atoms with Gasteiger partial charge in [-0.25, -0.2) is 0 Å². The van der Waals surface area contributed by atoms with Gasteiger partial charge in [0.2, 0.25) is 0 Å². The van der Waals surface area contributed by atoms with Crippen molar-refractivity contribution in [2.45, 2.75) is 37.3 Å². The molecule has 5 heteroatoms. The lowest BCUT2D eigenvalue weighted by Crippen LogP contribution is -2.32. The smallest absolute Gasteiger partial charge is 0.258 e. The van der Waals surface area contributed by atoms with Gasteiger partial charge in [-0.05, 0) is 43.0 Å². The fourth-order valence-corrected chi connectivity index (χ4v) is 3.52. The number of furan rings is 1. The first-order chi connectivity index (χ1) is 11.7. The van der Waals surface area contributed by atoms with E-state index in [4.69, 9.17) is 9.15 Å². The Hall–Kier alpha value is -2.27. The van der Waals surface area contributed by atoms with Crippen LogP contribution in [0.25, 0.3) is 0 Å². The first-order valence-electron chi connectivity index (χ1n) is 8.37. The van der Waals surface area contributed by atoms with E-state index in [0.717, 1.165) is 29.9 Å². The van der Waals surface area contributed by atoms with Gasteiger partial charge in [-0.2, -0.15) is 0 Å². The van der Waals surface area contributed by atoms with Crippen LogP contribution >= 0.6 is 0 Å². The standard InChI is InChI=1S/C19H21NO4/c1-23-15-4-2-3-13(9-15)17-10-14(21)11-20(17)19(22)16-7-8-24-18(16)12-5-6-12/h2-4,7-9,12,14,17,21H,5-6,10-11H2,1H3/t14-,17+/m0/s1. The highest BCUT2D eigenvalue weighted by molar-refractivity contribution is 5.96. The second-order valence-electron chi connectivity index (χ2n) is 6.61. The highest BCUT2D eigenvalue weighted by Gasteiger charge is 2.39. The Labute approximate surface area is 140 Å². The van der Waals surface area contributed by atoms with E-state index in [1.807, 2.05) is 24.3 Å². The lowest BCUT2D eigenvalue weighted by molar-refractivity contribution is 0.0713. The fourth-order valence-electron chi connectivity index (χ4n) is 3.52. The predicted molar refractivity (Wildman–Crippen MR) is 88.1 cm³/mol. The van der Waals surface area contributed by atoms with E-state index < -0.39 is 6.10 Å². The summed E-state index contributed by atoms with van der Waals surface area (Å²) in [5.74, 6) is 1.87. The van der Waals surface area contributed by atoms with E-state index >= 15 is 0 Å². The molecular weight excluding hydrogens is 306 g/mol. The van der Waals surface area contributed by atoms with Crippen LogP contribution in [0, 0.1) is 0 Å². The van der Waals surface area contributed by atoms with Crippen LogP contribution in [0.1, 0.15) is 52.9 Å². The monoisotopic (exact) mass is 327 g/mol. The summed E-state index contributed by atoms with van der Waals surface area (Å²) in [5, 5.41) is 10.1. The highest BCUT2D eigenvalue weighted by Crippen LogP contribution is 2.43. The van der Waals surface area contributed by atoms with Gasteiger partial charge in [0.25, 0.3) is 5.91 Å². The number of carbonyl (C=O) groups excluding carboxylic acids is 1. The van der Waals surface area contributed by atoms with Crippen molar-refractivity contribution in [2.24, 2.45) is 0 Å². The van der Waals surface area contributed by atoms with Crippen LogP contribution in [0.15, 0.2) is 41.0 Å². The molecule has 126 valence electrons. The second-order valence-corrected chi connectivity index (χ2v) is 6.61. The largest absolute Gasteiger partial charge is 0.497 e. The van der Waals surface area contributed by atoms with Crippen LogP contribution in [0.3, 0.4) is 0 Å². The predicted octanol–water partition coefficient (Wildman–Crippen LogP) is 3.11. The van der Waals surface area contributed by atoms with E-state index in [1.165, 1.54) is 0 Å². The Morgan fingerprint density at radius 2 is 2.17 bits per heavy atom. The molecule has 1 saturated heterocycles.